The predicted octanol–water partition coefficient (Wildman–Crippen LogP) is 3.60. The van der Waals surface area contributed by atoms with Gasteiger partial charge >= 0.3 is 0 Å². The number of amides is 1. The average molecular weight is 384 g/mol. The molecule has 1 heterocycles. The second kappa shape index (κ2) is 9.08. The number of carbonyl (C=O) groups is 1. The van der Waals surface area contributed by atoms with E-state index in [1.807, 2.05) is 4.90 Å². The fourth-order valence-electron chi connectivity index (χ4n) is 3.06. The maximum atomic E-state index is 12.7. The highest BCUT2D eigenvalue weighted by Crippen LogP contribution is 2.23. The molecule has 1 saturated heterocycles. The second-order valence-electron chi connectivity index (χ2n) is 6.84. The molecular formula is C19H29NO3S2. The van der Waals surface area contributed by atoms with E-state index in [1.54, 1.807) is 11.8 Å². The molecule has 6 heteroatoms. The standard InChI is InChI=1S/C19H29NO3S2/c1-4-5-10-20(17-9-12-25(22,23)14-17)19(21)8-11-24-18-7-6-15(2)16(3)13-18/h6-7,13,17H,4-5,8-12,14H2,1-3H3. The number of unbranched alkanes of at least 4 members (excludes halogenated alkanes) is 1. The normalized spacial score (nSPS) is 19.1. The zero-order valence-electron chi connectivity index (χ0n) is 15.5. The maximum Gasteiger partial charge on any atom is 0.223 e. The molecule has 1 unspecified atom stereocenters. The molecule has 1 aliphatic rings. The summed E-state index contributed by atoms with van der Waals surface area (Å²) in [7, 11) is -2.97. The van der Waals surface area contributed by atoms with Gasteiger partial charge in [-0.1, -0.05) is 19.4 Å². The Kier molecular flexibility index (Phi) is 7.37. The van der Waals surface area contributed by atoms with Crippen molar-refractivity contribution in [2.45, 2.75) is 57.4 Å². The zero-order chi connectivity index (χ0) is 18.4. The summed E-state index contributed by atoms with van der Waals surface area (Å²) < 4.78 is 23.5. The minimum absolute atomic E-state index is 0.0897. The van der Waals surface area contributed by atoms with Crippen molar-refractivity contribution in [1.29, 1.82) is 0 Å². The third-order valence-electron chi connectivity index (χ3n) is 4.79. The Bertz CT molecular complexity index is 701. The van der Waals surface area contributed by atoms with E-state index in [0.29, 0.717) is 19.4 Å². The molecule has 1 fully saturated rings. The van der Waals surface area contributed by atoms with E-state index in [0.717, 1.165) is 18.6 Å². The lowest BCUT2D eigenvalue weighted by atomic mass is 10.1. The fraction of sp³-hybridized carbons (Fsp3) is 0.632. The molecule has 0 saturated carbocycles. The van der Waals surface area contributed by atoms with Crippen LogP contribution in [-0.4, -0.2) is 49.1 Å². The van der Waals surface area contributed by atoms with Gasteiger partial charge in [-0.25, -0.2) is 8.42 Å². The first-order valence-electron chi connectivity index (χ1n) is 9.02. The van der Waals surface area contributed by atoms with Crippen LogP contribution in [0.15, 0.2) is 23.1 Å². The summed E-state index contributed by atoms with van der Waals surface area (Å²) in [5, 5.41) is 0. The Hall–Kier alpha value is -1.01. The number of carbonyl (C=O) groups excluding carboxylic acids is 1. The van der Waals surface area contributed by atoms with E-state index in [2.05, 4.69) is 39.0 Å². The first-order chi connectivity index (χ1) is 11.8. The molecule has 140 valence electrons. The third-order valence-corrected chi connectivity index (χ3v) is 7.53. The van der Waals surface area contributed by atoms with E-state index in [1.165, 1.54) is 16.0 Å². The number of thioether (sulfide) groups is 1. The molecule has 1 atom stereocenters. The van der Waals surface area contributed by atoms with Crippen LogP contribution in [0, 0.1) is 13.8 Å². The van der Waals surface area contributed by atoms with E-state index in [-0.39, 0.29) is 23.5 Å². The van der Waals surface area contributed by atoms with Gasteiger partial charge in [0.2, 0.25) is 5.91 Å². The van der Waals surface area contributed by atoms with Crippen LogP contribution in [0.5, 0.6) is 0 Å². The number of aryl methyl sites for hydroxylation is 2. The highest BCUT2D eigenvalue weighted by molar-refractivity contribution is 7.99. The number of hydrogen-bond acceptors (Lipinski definition) is 4. The lowest BCUT2D eigenvalue weighted by Crippen LogP contribution is -2.41. The van der Waals surface area contributed by atoms with Gasteiger partial charge < -0.3 is 4.90 Å². The van der Waals surface area contributed by atoms with Crippen molar-refractivity contribution in [3.8, 4) is 0 Å². The third kappa shape index (κ3) is 6.03. The molecule has 0 bridgehead atoms. The zero-order valence-corrected chi connectivity index (χ0v) is 17.1. The van der Waals surface area contributed by atoms with Gasteiger partial charge in [0.1, 0.15) is 0 Å². The quantitative estimate of drug-likeness (QED) is 0.644. The molecule has 1 aromatic rings. The van der Waals surface area contributed by atoms with E-state index in [9.17, 15) is 13.2 Å². The molecular weight excluding hydrogens is 354 g/mol. The molecule has 0 aromatic heterocycles. The molecule has 1 aromatic carbocycles. The minimum Gasteiger partial charge on any atom is -0.339 e. The largest absolute Gasteiger partial charge is 0.339 e. The fourth-order valence-corrected chi connectivity index (χ4v) is 5.73. The summed E-state index contributed by atoms with van der Waals surface area (Å²) in [5.41, 5.74) is 2.53. The molecule has 1 amide bonds. The van der Waals surface area contributed by atoms with Crippen molar-refractivity contribution in [3.05, 3.63) is 29.3 Å². The molecule has 25 heavy (non-hydrogen) atoms. The van der Waals surface area contributed by atoms with Crippen molar-refractivity contribution in [1.82, 2.24) is 4.90 Å². The summed E-state index contributed by atoms with van der Waals surface area (Å²) in [4.78, 5) is 15.7. The highest BCUT2D eigenvalue weighted by Gasteiger charge is 2.34. The second-order valence-corrected chi connectivity index (χ2v) is 10.2. The summed E-state index contributed by atoms with van der Waals surface area (Å²) >= 11 is 1.69. The Labute approximate surface area is 156 Å². The van der Waals surface area contributed by atoms with Crippen LogP contribution in [0.4, 0.5) is 0 Å². The first-order valence-corrected chi connectivity index (χ1v) is 11.8. The lowest BCUT2D eigenvalue weighted by Gasteiger charge is -2.28. The summed E-state index contributed by atoms with van der Waals surface area (Å²) in [6.07, 6.45) is 2.97. The van der Waals surface area contributed by atoms with Gasteiger partial charge in [0, 0.05) is 29.7 Å². The van der Waals surface area contributed by atoms with Gasteiger partial charge in [-0.15, -0.1) is 11.8 Å². The number of hydrogen-bond donors (Lipinski definition) is 0. The van der Waals surface area contributed by atoms with Crippen molar-refractivity contribution in [3.63, 3.8) is 0 Å². The lowest BCUT2D eigenvalue weighted by molar-refractivity contribution is -0.132. The Morgan fingerprint density at radius 1 is 1.28 bits per heavy atom. The monoisotopic (exact) mass is 383 g/mol. The Morgan fingerprint density at radius 3 is 2.64 bits per heavy atom. The van der Waals surface area contributed by atoms with Crippen LogP contribution in [0.1, 0.15) is 43.7 Å². The summed E-state index contributed by atoms with van der Waals surface area (Å²) in [6.45, 7) is 6.94. The number of nitrogens with zero attached hydrogens (tertiary/aromatic N) is 1. The first kappa shape index (κ1) is 20.3. The van der Waals surface area contributed by atoms with E-state index in [4.69, 9.17) is 0 Å². The van der Waals surface area contributed by atoms with Crippen LogP contribution in [0.25, 0.3) is 0 Å². The molecule has 1 aliphatic heterocycles. The molecule has 4 nitrogen and oxygen atoms in total. The number of benzene rings is 1. The average Bonchev–Trinajstić information content (AvgIpc) is 2.91. The van der Waals surface area contributed by atoms with Crippen LogP contribution >= 0.6 is 11.8 Å². The minimum atomic E-state index is -2.97. The molecule has 2 rings (SSSR count). The van der Waals surface area contributed by atoms with Gasteiger partial charge in [-0.2, -0.15) is 0 Å². The van der Waals surface area contributed by atoms with E-state index >= 15 is 0 Å². The topological polar surface area (TPSA) is 54.5 Å². The van der Waals surface area contributed by atoms with Crippen molar-refractivity contribution in [2.24, 2.45) is 0 Å². The van der Waals surface area contributed by atoms with Crippen LogP contribution in [-0.2, 0) is 14.6 Å². The molecule has 0 radical (unpaired) electrons. The van der Waals surface area contributed by atoms with Gasteiger partial charge in [0.15, 0.2) is 9.84 Å². The SMILES string of the molecule is CCCCN(C(=O)CCSc1ccc(C)c(C)c1)C1CCS(=O)(=O)C1. The molecule has 0 N–H and O–H groups in total. The summed E-state index contributed by atoms with van der Waals surface area (Å²) in [5.74, 6) is 1.16. The number of sulfone groups is 1. The van der Waals surface area contributed by atoms with Crippen molar-refractivity contribution in [2.75, 3.05) is 23.8 Å². The smallest absolute Gasteiger partial charge is 0.223 e. The number of rotatable bonds is 8. The predicted molar refractivity (Wildman–Crippen MR) is 105 cm³/mol. The Balaban J connectivity index is 1.91. The van der Waals surface area contributed by atoms with Crippen LogP contribution in [0.2, 0.25) is 0 Å². The molecule has 0 aliphatic carbocycles. The van der Waals surface area contributed by atoms with E-state index < -0.39 is 9.84 Å². The van der Waals surface area contributed by atoms with Gasteiger partial charge in [-0.05, 0) is 49.9 Å². The van der Waals surface area contributed by atoms with Crippen LogP contribution < -0.4 is 0 Å². The highest BCUT2D eigenvalue weighted by atomic mass is 32.2. The Morgan fingerprint density at radius 2 is 2.04 bits per heavy atom. The maximum absolute atomic E-state index is 12.7. The van der Waals surface area contributed by atoms with Gasteiger partial charge in [0.05, 0.1) is 11.5 Å². The van der Waals surface area contributed by atoms with Gasteiger partial charge in [-0.3, -0.25) is 4.79 Å². The molecule has 0 spiro atoms. The van der Waals surface area contributed by atoms with Crippen molar-refractivity contribution < 1.29 is 13.2 Å². The van der Waals surface area contributed by atoms with Crippen LogP contribution in [0.3, 0.4) is 0 Å². The summed E-state index contributed by atoms with van der Waals surface area (Å²) in [6, 6.07) is 6.23. The van der Waals surface area contributed by atoms with Gasteiger partial charge in [0.25, 0.3) is 0 Å². The van der Waals surface area contributed by atoms with Crippen molar-refractivity contribution >= 4 is 27.5 Å².